The van der Waals surface area contributed by atoms with Crippen molar-refractivity contribution < 1.29 is 9.46 Å². The van der Waals surface area contributed by atoms with Gasteiger partial charge in [-0.05, 0) is 19.8 Å². The Hall–Kier alpha value is 0.150. The Morgan fingerprint density at radius 2 is 1.82 bits per heavy atom. The van der Waals surface area contributed by atoms with Gasteiger partial charge in [0.05, 0.1) is 0 Å². The van der Waals surface area contributed by atoms with Crippen molar-refractivity contribution >= 4 is 7.52 Å². The first-order valence-corrected chi connectivity index (χ1v) is 5.77. The van der Waals surface area contributed by atoms with Crippen molar-refractivity contribution in [2.24, 2.45) is 5.92 Å². The van der Waals surface area contributed by atoms with Crippen LogP contribution in [-0.2, 0) is 4.57 Å². The highest BCUT2D eigenvalue weighted by molar-refractivity contribution is 7.55. The lowest BCUT2D eigenvalue weighted by Crippen LogP contribution is -2.22. The summed E-state index contributed by atoms with van der Waals surface area (Å²) in [5.74, 6) is 0.261. The summed E-state index contributed by atoms with van der Waals surface area (Å²) in [4.78, 5) is 9.30. The summed E-state index contributed by atoms with van der Waals surface area (Å²) >= 11 is 0. The van der Waals surface area contributed by atoms with E-state index in [4.69, 9.17) is 0 Å². The van der Waals surface area contributed by atoms with Crippen LogP contribution in [0.25, 0.3) is 0 Å². The first-order chi connectivity index (χ1) is 4.83. The highest BCUT2D eigenvalue weighted by Gasteiger charge is 2.19. The summed E-state index contributed by atoms with van der Waals surface area (Å²) in [6.07, 6.45) is 0.352. The molecule has 0 aromatic heterocycles. The third-order valence-electron chi connectivity index (χ3n) is 1.07. The topological polar surface area (TPSA) is 49.3 Å². The molecule has 0 bridgehead atoms. The van der Waals surface area contributed by atoms with Crippen LogP contribution in [0.2, 0.25) is 0 Å². The van der Waals surface area contributed by atoms with E-state index in [0.29, 0.717) is 6.16 Å². The van der Waals surface area contributed by atoms with Crippen LogP contribution in [0.1, 0.15) is 27.7 Å². The highest BCUT2D eigenvalue weighted by Crippen LogP contribution is 2.37. The van der Waals surface area contributed by atoms with Gasteiger partial charge in [0.25, 0.3) is 7.52 Å². The van der Waals surface area contributed by atoms with Crippen LogP contribution >= 0.6 is 7.52 Å². The lowest BCUT2D eigenvalue weighted by Gasteiger charge is -2.17. The molecule has 0 aromatic rings. The Kier molecular flexibility index (Phi) is 4.30. The number of nitrogens with one attached hydrogen (secondary N) is 1. The molecule has 3 nitrogen and oxygen atoms in total. The lowest BCUT2D eigenvalue weighted by molar-refractivity contribution is 0.446. The molecule has 0 radical (unpaired) electrons. The molecule has 11 heavy (non-hydrogen) atoms. The van der Waals surface area contributed by atoms with Crippen molar-refractivity contribution in [1.29, 1.82) is 0 Å². The van der Waals surface area contributed by atoms with Crippen molar-refractivity contribution in [2.75, 3.05) is 6.16 Å². The second kappa shape index (κ2) is 4.24. The van der Waals surface area contributed by atoms with Crippen LogP contribution in [0.3, 0.4) is 0 Å². The minimum atomic E-state index is -3.05. The molecule has 0 aliphatic carbocycles. The Bertz CT molecular complexity index is 143. The molecule has 0 saturated heterocycles. The Morgan fingerprint density at radius 1 is 1.36 bits per heavy atom. The first kappa shape index (κ1) is 11.2. The third-order valence-corrected chi connectivity index (χ3v) is 3.22. The predicted octanol–water partition coefficient (Wildman–Crippen LogP) is 1.83. The fourth-order valence-corrected chi connectivity index (χ4v) is 2.85. The second-order valence-corrected chi connectivity index (χ2v) is 5.59. The maximum Gasteiger partial charge on any atom is 0.267 e. The zero-order valence-corrected chi connectivity index (χ0v) is 8.56. The third kappa shape index (κ3) is 6.54. The van der Waals surface area contributed by atoms with E-state index in [9.17, 15) is 9.46 Å². The molecular formula is C7H18NO2P. The van der Waals surface area contributed by atoms with E-state index < -0.39 is 7.52 Å². The lowest BCUT2D eigenvalue weighted by atomic mass is 10.3. The summed E-state index contributed by atoms with van der Waals surface area (Å²) in [6, 6.07) is 0.0737. The highest BCUT2D eigenvalue weighted by atomic mass is 31.2. The van der Waals surface area contributed by atoms with Gasteiger partial charge in [0, 0.05) is 12.2 Å². The van der Waals surface area contributed by atoms with Gasteiger partial charge in [-0.3, -0.25) is 4.57 Å². The molecule has 1 atom stereocenters. The molecule has 0 aliphatic rings. The van der Waals surface area contributed by atoms with Gasteiger partial charge in [-0.2, -0.15) is 0 Å². The summed E-state index contributed by atoms with van der Waals surface area (Å²) in [5, 5.41) is 2.66. The van der Waals surface area contributed by atoms with Crippen molar-refractivity contribution in [3.63, 3.8) is 0 Å². The smallest absolute Gasteiger partial charge is 0.267 e. The number of hydrogen-bond donors (Lipinski definition) is 2. The summed E-state index contributed by atoms with van der Waals surface area (Å²) in [7, 11) is -3.05. The SMILES string of the molecule is CC(C)CP(=O)(O)NC(C)C. The van der Waals surface area contributed by atoms with Crippen LogP contribution in [0, 0.1) is 5.92 Å². The average molecular weight is 179 g/mol. The molecule has 2 N–H and O–H groups in total. The normalized spacial score (nSPS) is 17.4. The van der Waals surface area contributed by atoms with Gasteiger partial charge in [-0.25, -0.2) is 5.09 Å². The van der Waals surface area contributed by atoms with Crippen molar-refractivity contribution in [3.8, 4) is 0 Å². The molecule has 0 aromatic carbocycles. The predicted molar refractivity (Wildman–Crippen MR) is 47.8 cm³/mol. The first-order valence-electron chi connectivity index (χ1n) is 3.93. The molecule has 0 rings (SSSR count). The number of rotatable bonds is 4. The summed E-state index contributed by atoms with van der Waals surface area (Å²) in [5.41, 5.74) is 0. The molecule has 0 amide bonds. The molecule has 1 unspecified atom stereocenters. The average Bonchev–Trinajstić information content (AvgIpc) is 1.53. The van der Waals surface area contributed by atoms with Gasteiger partial charge in [-0.15, -0.1) is 0 Å². The minimum Gasteiger partial charge on any atom is -0.333 e. The zero-order valence-electron chi connectivity index (χ0n) is 7.66. The minimum absolute atomic E-state index is 0.0737. The quantitative estimate of drug-likeness (QED) is 0.647. The molecule has 0 fully saturated rings. The van der Waals surface area contributed by atoms with Gasteiger partial charge < -0.3 is 4.89 Å². The molecule has 0 aliphatic heterocycles. The van der Waals surface area contributed by atoms with E-state index in [2.05, 4.69) is 5.09 Å². The molecular weight excluding hydrogens is 161 g/mol. The van der Waals surface area contributed by atoms with E-state index in [1.54, 1.807) is 0 Å². The monoisotopic (exact) mass is 179 g/mol. The Labute approximate surface area is 68.7 Å². The van der Waals surface area contributed by atoms with Crippen LogP contribution in [-0.4, -0.2) is 17.1 Å². The fourth-order valence-electron chi connectivity index (χ4n) is 0.951. The van der Waals surface area contributed by atoms with E-state index in [1.807, 2.05) is 27.7 Å². The van der Waals surface area contributed by atoms with E-state index in [1.165, 1.54) is 0 Å². The van der Waals surface area contributed by atoms with Crippen molar-refractivity contribution in [2.45, 2.75) is 33.7 Å². The van der Waals surface area contributed by atoms with Gasteiger partial charge in [0.2, 0.25) is 0 Å². The van der Waals surface area contributed by atoms with Crippen LogP contribution in [0.15, 0.2) is 0 Å². The van der Waals surface area contributed by atoms with Gasteiger partial charge in [0.1, 0.15) is 0 Å². The van der Waals surface area contributed by atoms with E-state index >= 15 is 0 Å². The molecule has 4 heteroatoms. The van der Waals surface area contributed by atoms with Gasteiger partial charge in [0.15, 0.2) is 0 Å². The maximum atomic E-state index is 11.3. The largest absolute Gasteiger partial charge is 0.333 e. The standard InChI is InChI=1S/C7H18NO2P/c1-6(2)5-11(9,10)8-7(3)4/h6-7H,5H2,1-4H3,(H2,8,9,10). The second-order valence-electron chi connectivity index (χ2n) is 3.56. The molecule has 0 spiro atoms. The van der Waals surface area contributed by atoms with Crippen molar-refractivity contribution in [1.82, 2.24) is 5.09 Å². The molecule has 0 heterocycles. The molecule has 68 valence electrons. The van der Waals surface area contributed by atoms with Crippen molar-refractivity contribution in [3.05, 3.63) is 0 Å². The van der Waals surface area contributed by atoms with E-state index in [-0.39, 0.29) is 12.0 Å². The van der Waals surface area contributed by atoms with Crippen LogP contribution in [0.5, 0.6) is 0 Å². The maximum absolute atomic E-state index is 11.3. The van der Waals surface area contributed by atoms with Gasteiger partial charge in [-0.1, -0.05) is 13.8 Å². The Morgan fingerprint density at radius 3 is 2.09 bits per heavy atom. The Balaban J connectivity index is 3.91. The summed E-state index contributed by atoms with van der Waals surface area (Å²) < 4.78 is 11.3. The molecule has 0 saturated carbocycles. The summed E-state index contributed by atoms with van der Waals surface area (Å²) in [6.45, 7) is 7.60. The number of hydrogen-bond acceptors (Lipinski definition) is 1. The fraction of sp³-hybridized carbons (Fsp3) is 1.00. The van der Waals surface area contributed by atoms with E-state index in [0.717, 1.165) is 0 Å². The van der Waals surface area contributed by atoms with Gasteiger partial charge >= 0.3 is 0 Å². The zero-order chi connectivity index (χ0) is 9.07. The van der Waals surface area contributed by atoms with Crippen LogP contribution in [0.4, 0.5) is 0 Å². The van der Waals surface area contributed by atoms with Crippen LogP contribution < -0.4 is 5.09 Å².